The molecule has 5 heteroatoms. The van der Waals surface area contributed by atoms with E-state index in [9.17, 15) is 0 Å². The lowest BCUT2D eigenvalue weighted by atomic mass is 10.1. The van der Waals surface area contributed by atoms with Gasteiger partial charge in [-0.25, -0.2) is 4.98 Å². The van der Waals surface area contributed by atoms with Gasteiger partial charge in [0.1, 0.15) is 0 Å². The Bertz CT molecular complexity index is 794. The SMILES string of the molecule is CCN(CC)c1ccc(-c2csc(Nc3cccc(Br)c3)n2)cc1. The van der Waals surface area contributed by atoms with E-state index in [0.717, 1.165) is 39.6 Å². The maximum atomic E-state index is 4.70. The number of anilines is 3. The third-order valence-electron chi connectivity index (χ3n) is 3.87. The van der Waals surface area contributed by atoms with Crippen LogP contribution in [0.15, 0.2) is 58.4 Å². The molecule has 0 aliphatic heterocycles. The van der Waals surface area contributed by atoms with Crippen molar-refractivity contribution in [3.05, 3.63) is 58.4 Å². The Morgan fingerprint density at radius 1 is 1.08 bits per heavy atom. The first-order valence-corrected chi connectivity index (χ1v) is 9.70. The van der Waals surface area contributed by atoms with Crippen LogP contribution in [0.4, 0.5) is 16.5 Å². The molecule has 24 heavy (non-hydrogen) atoms. The van der Waals surface area contributed by atoms with Gasteiger partial charge in [0, 0.05) is 39.9 Å². The van der Waals surface area contributed by atoms with Gasteiger partial charge in [-0.1, -0.05) is 34.1 Å². The minimum Gasteiger partial charge on any atom is -0.372 e. The maximum Gasteiger partial charge on any atom is 0.187 e. The molecule has 2 aromatic carbocycles. The second-order valence-corrected chi connectivity index (χ2v) is 7.17. The Kier molecular flexibility index (Phi) is 5.53. The predicted molar refractivity (Wildman–Crippen MR) is 109 cm³/mol. The van der Waals surface area contributed by atoms with Crippen molar-refractivity contribution < 1.29 is 0 Å². The Balaban J connectivity index is 1.75. The van der Waals surface area contributed by atoms with Gasteiger partial charge in [-0.2, -0.15) is 0 Å². The molecule has 124 valence electrons. The van der Waals surface area contributed by atoms with Crippen molar-refractivity contribution in [1.82, 2.24) is 4.98 Å². The van der Waals surface area contributed by atoms with E-state index in [1.807, 2.05) is 24.3 Å². The molecule has 0 saturated carbocycles. The number of benzene rings is 2. The van der Waals surface area contributed by atoms with Crippen LogP contribution in [0, 0.1) is 0 Å². The largest absolute Gasteiger partial charge is 0.372 e. The van der Waals surface area contributed by atoms with Gasteiger partial charge in [-0.15, -0.1) is 11.3 Å². The van der Waals surface area contributed by atoms with E-state index in [0.29, 0.717) is 0 Å². The van der Waals surface area contributed by atoms with Crippen molar-refractivity contribution in [3.63, 3.8) is 0 Å². The summed E-state index contributed by atoms with van der Waals surface area (Å²) in [4.78, 5) is 7.04. The van der Waals surface area contributed by atoms with E-state index in [1.54, 1.807) is 11.3 Å². The van der Waals surface area contributed by atoms with Gasteiger partial charge < -0.3 is 10.2 Å². The van der Waals surface area contributed by atoms with E-state index in [1.165, 1.54) is 5.69 Å². The van der Waals surface area contributed by atoms with Crippen LogP contribution in [-0.4, -0.2) is 18.1 Å². The average Bonchev–Trinajstić information content (AvgIpc) is 3.05. The molecule has 0 spiro atoms. The standard InChI is InChI=1S/C19H20BrN3S/c1-3-23(4-2)17-10-8-14(9-11-17)18-13-24-19(22-18)21-16-7-5-6-15(20)12-16/h5-13H,3-4H2,1-2H3,(H,21,22). The summed E-state index contributed by atoms with van der Waals surface area (Å²) in [7, 11) is 0. The Hall–Kier alpha value is -1.85. The summed E-state index contributed by atoms with van der Waals surface area (Å²) in [5, 5.41) is 6.34. The van der Waals surface area contributed by atoms with Gasteiger partial charge in [0.25, 0.3) is 0 Å². The lowest BCUT2D eigenvalue weighted by Crippen LogP contribution is -2.21. The molecule has 3 aromatic rings. The van der Waals surface area contributed by atoms with E-state index in [-0.39, 0.29) is 0 Å². The summed E-state index contributed by atoms with van der Waals surface area (Å²) in [6.07, 6.45) is 0. The van der Waals surface area contributed by atoms with Gasteiger partial charge >= 0.3 is 0 Å². The van der Waals surface area contributed by atoms with Gasteiger partial charge in [-0.05, 0) is 44.2 Å². The van der Waals surface area contributed by atoms with Crippen LogP contribution in [-0.2, 0) is 0 Å². The molecule has 1 heterocycles. The molecule has 0 atom stereocenters. The normalized spacial score (nSPS) is 10.6. The molecule has 0 unspecified atom stereocenters. The molecule has 3 rings (SSSR count). The zero-order chi connectivity index (χ0) is 16.9. The second-order valence-electron chi connectivity index (χ2n) is 5.39. The van der Waals surface area contributed by atoms with Crippen molar-refractivity contribution in [3.8, 4) is 11.3 Å². The number of aromatic nitrogens is 1. The number of nitrogens with zero attached hydrogens (tertiary/aromatic N) is 2. The zero-order valence-electron chi connectivity index (χ0n) is 13.8. The highest BCUT2D eigenvalue weighted by molar-refractivity contribution is 9.10. The summed E-state index contributed by atoms with van der Waals surface area (Å²) < 4.78 is 1.05. The number of rotatable bonds is 6. The van der Waals surface area contributed by atoms with Crippen LogP contribution in [0.25, 0.3) is 11.3 Å². The van der Waals surface area contributed by atoms with Gasteiger partial charge in [0.05, 0.1) is 5.69 Å². The molecule has 0 aliphatic carbocycles. The fraction of sp³-hybridized carbons (Fsp3) is 0.211. The Labute approximate surface area is 155 Å². The maximum absolute atomic E-state index is 4.70. The summed E-state index contributed by atoms with van der Waals surface area (Å²) in [5.41, 5.74) is 4.43. The molecule has 0 saturated heterocycles. The van der Waals surface area contributed by atoms with Crippen LogP contribution >= 0.6 is 27.3 Å². The minimum absolute atomic E-state index is 0.899. The quantitative estimate of drug-likeness (QED) is 0.535. The van der Waals surface area contributed by atoms with Gasteiger partial charge in [0.2, 0.25) is 0 Å². The monoisotopic (exact) mass is 401 g/mol. The molecule has 0 radical (unpaired) electrons. The van der Waals surface area contributed by atoms with Crippen LogP contribution in [0.5, 0.6) is 0 Å². The van der Waals surface area contributed by atoms with E-state index in [4.69, 9.17) is 4.98 Å². The third-order valence-corrected chi connectivity index (χ3v) is 5.12. The van der Waals surface area contributed by atoms with E-state index in [2.05, 4.69) is 69.6 Å². The Morgan fingerprint density at radius 3 is 2.50 bits per heavy atom. The van der Waals surface area contributed by atoms with E-state index < -0.39 is 0 Å². The molecule has 1 N–H and O–H groups in total. The summed E-state index contributed by atoms with van der Waals surface area (Å²) in [6, 6.07) is 16.7. The number of halogens is 1. The smallest absolute Gasteiger partial charge is 0.187 e. The molecular formula is C19H20BrN3S. The van der Waals surface area contributed by atoms with Crippen molar-refractivity contribution in [2.24, 2.45) is 0 Å². The molecule has 0 bridgehead atoms. The van der Waals surface area contributed by atoms with Gasteiger partial charge in [0.15, 0.2) is 5.13 Å². The number of thiazole rings is 1. The minimum atomic E-state index is 0.899. The molecule has 3 nitrogen and oxygen atoms in total. The van der Waals surface area contributed by atoms with Crippen molar-refractivity contribution in [2.45, 2.75) is 13.8 Å². The number of hydrogen-bond donors (Lipinski definition) is 1. The van der Waals surface area contributed by atoms with Crippen LogP contribution in [0.2, 0.25) is 0 Å². The lowest BCUT2D eigenvalue weighted by molar-refractivity contribution is 0.866. The number of nitrogens with one attached hydrogen (secondary N) is 1. The summed E-state index contributed by atoms with van der Waals surface area (Å²) in [5.74, 6) is 0. The first-order chi connectivity index (χ1) is 11.7. The molecule has 0 amide bonds. The number of hydrogen-bond acceptors (Lipinski definition) is 4. The second kappa shape index (κ2) is 7.81. The van der Waals surface area contributed by atoms with Crippen molar-refractivity contribution >= 4 is 43.8 Å². The third kappa shape index (κ3) is 3.97. The highest BCUT2D eigenvalue weighted by atomic mass is 79.9. The first-order valence-electron chi connectivity index (χ1n) is 8.03. The van der Waals surface area contributed by atoms with Crippen molar-refractivity contribution in [1.29, 1.82) is 0 Å². The highest BCUT2D eigenvalue weighted by Crippen LogP contribution is 2.29. The fourth-order valence-corrected chi connectivity index (χ4v) is 3.72. The lowest BCUT2D eigenvalue weighted by Gasteiger charge is -2.20. The summed E-state index contributed by atoms with van der Waals surface area (Å²) >= 11 is 5.10. The van der Waals surface area contributed by atoms with Gasteiger partial charge in [-0.3, -0.25) is 0 Å². The highest BCUT2D eigenvalue weighted by Gasteiger charge is 2.07. The van der Waals surface area contributed by atoms with Crippen molar-refractivity contribution in [2.75, 3.05) is 23.3 Å². The van der Waals surface area contributed by atoms with Crippen LogP contribution in [0.3, 0.4) is 0 Å². The summed E-state index contributed by atoms with van der Waals surface area (Å²) in [6.45, 7) is 6.40. The predicted octanol–water partition coefficient (Wildman–Crippen LogP) is 6.16. The first kappa shape index (κ1) is 17.0. The Morgan fingerprint density at radius 2 is 1.83 bits per heavy atom. The topological polar surface area (TPSA) is 28.2 Å². The average molecular weight is 402 g/mol. The van der Waals surface area contributed by atoms with E-state index >= 15 is 0 Å². The zero-order valence-corrected chi connectivity index (χ0v) is 16.2. The van der Waals surface area contributed by atoms with Crippen LogP contribution < -0.4 is 10.2 Å². The molecule has 1 aromatic heterocycles. The molecular weight excluding hydrogens is 382 g/mol. The molecule has 0 fully saturated rings. The fourth-order valence-electron chi connectivity index (χ4n) is 2.59. The molecule has 0 aliphatic rings. The van der Waals surface area contributed by atoms with Crippen LogP contribution in [0.1, 0.15) is 13.8 Å².